The summed E-state index contributed by atoms with van der Waals surface area (Å²) >= 11 is 0. The Morgan fingerprint density at radius 2 is 2.05 bits per heavy atom. The Morgan fingerprint density at radius 3 is 2.63 bits per heavy atom. The number of aryl methyl sites for hydroxylation is 2. The minimum atomic E-state index is -0.0727. The third-order valence-electron chi connectivity index (χ3n) is 2.96. The van der Waals surface area contributed by atoms with Gasteiger partial charge in [-0.25, -0.2) is 0 Å². The second-order valence-corrected chi connectivity index (χ2v) is 4.42. The summed E-state index contributed by atoms with van der Waals surface area (Å²) in [5.41, 5.74) is 1.50. The average molecular weight is 261 g/mol. The molecule has 0 spiro atoms. The fourth-order valence-corrected chi connectivity index (χ4v) is 1.85. The van der Waals surface area contributed by atoms with E-state index in [2.05, 4.69) is 10.2 Å². The lowest BCUT2D eigenvalue weighted by Gasteiger charge is -2.14. The molecule has 2 rings (SSSR count). The van der Waals surface area contributed by atoms with Crippen molar-refractivity contribution in [3.8, 4) is 0 Å². The van der Waals surface area contributed by atoms with Gasteiger partial charge < -0.3 is 4.90 Å². The summed E-state index contributed by atoms with van der Waals surface area (Å²) in [6.07, 6.45) is 5.56. The van der Waals surface area contributed by atoms with Crippen molar-refractivity contribution in [3.63, 3.8) is 0 Å². The second kappa shape index (κ2) is 5.69. The molecule has 2 heterocycles. The summed E-state index contributed by atoms with van der Waals surface area (Å²) in [7, 11) is 1.77. The van der Waals surface area contributed by atoms with Crippen LogP contribution in [0.15, 0.2) is 24.7 Å². The Bertz CT molecular complexity index is 557. The van der Waals surface area contributed by atoms with Crippen LogP contribution in [0.5, 0.6) is 0 Å². The lowest BCUT2D eigenvalue weighted by molar-refractivity contribution is 0.0778. The molecule has 2 aromatic rings. The van der Waals surface area contributed by atoms with Crippen LogP contribution in [-0.4, -0.2) is 37.4 Å². The molecule has 0 bridgehead atoms. The minimum absolute atomic E-state index is 0.0727. The number of aromatic nitrogens is 4. The summed E-state index contributed by atoms with van der Waals surface area (Å²) in [5, 5.41) is 8.41. The zero-order valence-electron chi connectivity index (χ0n) is 11.6. The maximum Gasteiger partial charge on any atom is 0.274 e. The third kappa shape index (κ3) is 3.01. The zero-order chi connectivity index (χ0) is 13.8. The molecule has 0 fully saturated rings. The van der Waals surface area contributed by atoms with Crippen molar-refractivity contribution in [2.45, 2.75) is 33.5 Å². The molecule has 0 unspecified atom stereocenters. The van der Waals surface area contributed by atoms with Crippen LogP contribution >= 0.6 is 0 Å². The van der Waals surface area contributed by atoms with Gasteiger partial charge in [-0.15, -0.1) is 0 Å². The number of amides is 1. The van der Waals surface area contributed by atoms with Crippen molar-refractivity contribution in [2.75, 3.05) is 7.05 Å². The van der Waals surface area contributed by atoms with Gasteiger partial charge in [-0.2, -0.15) is 10.2 Å². The predicted octanol–water partition coefficient (Wildman–Crippen LogP) is 1.39. The van der Waals surface area contributed by atoms with Gasteiger partial charge in [-0.1, -0.05) is 0 Å². The molecule has 0 aliphatic heterocycles. The molecule has 6 nitrogen and oxygen atoms in total. The maximum absolute atomic E-state index is 12.2. The van der Waals surface area contributed by atoms with Gasteiger partial charge in [0.1, 0.15) is 5.69 Å². The first-order valence-electron chi connectivity index (χ1n) is 6.44. The summed E-state index contributed by atoms with van der Waals surface area (Å²) in [6, 6.07) is 1.75. The number of rotatable bonds is 5. The number of carbonyl (C=O) groups excluding carboxylic acids is 1. The zero-order valence-corrected chi connectivity index (χ0v) is 11.6. The molecular formula is C13H19N5O. The first kappa shape index (κ1) is 13.3. The minimum Gasteiger partial charge on any atom is -0.336 e. The monoisotopic (exact) mass is 261 g/mol. The highest BCUT2D eigenvalue weighted by atomic mass is 16.2. The molecule has 6 heteroatoms. The maximum atomic E-state index is 12.2. The number of carbonyl (C=O) groups is 1. The Hall–Kier alpha value is -2.11. The van der Waals surface area contributed by atoms with Gasteiger partial charge in [0.25, 0.3) is 5.91 Å². The van der Waals surface area contributed by atoms with Gasteiger partial charge >= 0.3 is 0 Å². The molecule has 0 N–H and O–H groups in total. The lowest BCUT2D eigenvalue weighted by Crippen LogP contribution is -2.26. The van der Waals surface area contributed by atoms with Crippen LogP contribution < -0.4 is 0 Å². The molecule has 102 valence electrons. The van der Waals surface area contributed by atoms with Crippen LogP contribution in [0.25, 0.3) is 0 Å². The smallest absolute Gasteiger partial charge is 0.274 e. The van der Waals surface area contributed by atoms with E-state index >= 15 is 0 Å². The molecule has 2 aromatic heterocycles. The number of nitrogens with zero attached hydrogens (tertiary/aromatic N) is 5. The summed E-state index contributed by atoms with van der Waals surface area (Å²) < 4.78 is 3.59. The van der Waals surface area contributed by atoms with E-state index in [0.29, 0.717) is 12.2 Å². The third-order valence-corrected chi connectivity index (χ3v) is 2.96. The molecular weight excluding hydrogens is 242 g/mol. The first-order chi connectivity index (χ1) is 9.13. The quantitative estimate of drug-likeness (QED) is 0.817. The van der Waals surface area contributed by atoms with E-state index in [1.54, 1.807) is 28.9 Å². The largest absolute Gasteiger partial charge is 0.336 e. The predicted molar refractivity (Wildman–Crippen MR) is 71.6 cm³/mol. The lowest BCUT2D eigenvalue weighted by atomic mass is 10.3. The van der Waals surface area contributed by atoms with E-state index in [0.717, 1.165) is 18.7 Å². The van der Waals surface area contributed by atoms with Crippen molar-refractivity contribution < 1.29 is 4.79 Å². The molecule has 0 radical (unpaired) electrons. The van der Waals surface area contributed by atoms with Crippen LogP contribution in [0.1, 0.15) is 29.9 Å². The fourth-order valence-electron chi connectivity index (χ4n) is 1.85. The first-order valence-corrected chi connectivity index (χ1v) is 6.44. The Kier molecular flexibility index (Phi) is 3.99. The van der Waals surface area contributed by atoms with E-state index in [4.69, 9.17) is 0 Å². The SMILES string of the molecule is CCn1cc(CN(C)C(=O)c2ccn(CC)n2)cn1. The van der Waals surface area contributed by atoms with Crippen LogP contribution in [0.4, 0.5) is 0 Å². The van der Waals surface area contributed by atoms with Crippen LogP contribution in [0.3, 0.4) is 0 Å². The summed E-state index contributed by atoms with van der Waals surface area (Å²) in [5.74, 6) is -0.0727. The fraction of sp³-hybridized carbons (Fsp3) is 0.462. The van der Waals surface area contributed by atoms with E-state index in [9.17, 15) is 4.79 Å². The molecule has 1 amide bonds. The van der Waals surface area contributed by atoms with Gasteiger partial charge in [0.05, 0.1) is 6.20 Å². The highest BCUT2D eigenvalue weighted by molar-refractivity contribution is 5.91. The van der Waals surface area contributed by atoms with E-state index in [1.807, 2.05) is 30.9 Å². The van der Waals surface area contributed by atoms with Gasteiger partial charge in [0, 0.05) is 44.6 Å². The highest BCUT2D eigenvalue weighted by Gasteiger charge is 2.15. The number of hydrogen-bond acceptors (Lipinski definition) is 3. The molecule has 19 heavy (non-hydrogen) atoms. The van der Waals surface area contributed by atoms with Crippen LogP contribution in [0, 0.1) is 0 Å². The van der Waals surface area contributed by atoms with Crippen molar-refractivity contribution in [3.05, 3.63) is 35.9 Å². The van der Waals surface area contributed by atoms with Crippen LogP contribution in [-0.2, 0) is 19.6 Å². The molecule has 0 aliphatic carbocycles. The second-order valence-electron chi connectivity index (χ2n) is 4.42. The molecule has 0 aromatic carbocycles. The summed E-state index contributed by atoms with van der Waals surface area (Å²) in [6.45, 7) is 6.16. The standard InChI is InChI=1S/C13H19N5O/c1-4-17-7-6-12(15-17)13(19)16(3)9-11-8-14-18(5-2)10-11/h6-8,10H,4-5,9H2,1-3H3. The molecule has 0 saturated heterocycles. The summed E-state index contributed by atoms with van der Waals surface area (Å²) in [4.78, 5) is 13.8. The van der Waals surface area contributed by atoms with Crippen LogP contribution in [0.2, 0.25) is 0 Å². The van der Waals surface area contributed by atoms with Crippen molar-refractivity contribution in [1.82, 2.24) is 24.5 Å². The van der Waals surface area contributed by atoms with E-state index < -0.39 is 0 Å². The van der Waals surface area contributed by atoms with Gasteiger partial charge in [0.2, 0.25) is 0 Å². The topological polar surface area (TPSA) is 56.0 Å². The molecule has 0 atom stereocenters. The van der Waals surface area contributed by atoms with Crippen molar-refractivity contribution >= 4 is 5.91 Å². The van der Waals surface area contributed by atoms with Gasteiger partial charge in [-0.05, 0) is 19.9 Å². The Morgan fingerprint density at radius 1 is 1.32 bits per heavy atom. The highest BCUT2D eigenvalue weighted by Crippen LogP contribution is 2.06. The Labute approximate surface area is 112 Å². The molecule has 0 saturated carbocycles. The van der Waals surface area contributed by atoms with E-state index in [-0.39, 0.29) is 5.91 Å². The van der Waals surface area contributed by atoms with E-state index in [1.165, 1.54) is 0 Å². The average Bonchev–Trinajstić information content (AvgIpc) is 3.06. The van der Waals surface area contributed by atoms with Crippen molar-refractivity contribution in [2.24, 2.45) is 0 Å². The molecule has 0 aliphatic rings. The normalized spacial score (nSPS) is 10.7. The van der Waals surface area contributed by atoms with Gasteiger partial charge in [0.15, 0.2) is 0 Å². The van der Waals surface area contributed by atoms with Gasteiger partial charge in [-0.3, -0.25) is 14.2 Å². The van der Waals surface area contributed by atoms with Crippen molar-refractivity contribution in [1.29, 1.82) is 0 Å². The Balaban J connectivity index is 2.02. The number of hydrogen-bond donors (Lipinski definition) is 0.